The highest BCUT2D eigenvalue weighted by molar-refractivity contribution is 5.75. The lowest BCUT2D eigenvalue weighted by molar-refractivity contribution is -0.121. The summed E-state index contributed by atoms with van der Waals surface area (Å²) in [5.41, 5.74) is 2.29. The fourth-order valence-corrected chi connectivity index (χ4v) is 1.46. The maximum Gasteiger partial charge on any atom is 0.220 e. The Morgan fingerprint density at radius 2 is 2.38 bits per heavy atom. The second-order valence-electron chi connectivity index (χ2n) is 3.80. The first-order valence-electron chi connectivity index (χ1n) is 5.60. The number of rotatable bonds is 7. The van der Waals surface area contributed by atoms with Gasteiger partial charge in [-0.3, -0.25) is 9.89 Å². The summed E-state index contributed by atoms with van der Waals surface area (Å²) >= 11 is 0. The predicted molar refractivity (Wildman–Crippen MR) is 61.0 cm³/mol. The number of hydrogen-bond donors (Lipinski definition) is 3. The molecule has 5 nitrogen and oxygen atoms in total. The van der Waals surface area contributed by atoms with Gasteiger partial charge in [0.25, 0.3) is 0 Å². The van der Waals surface area contributed by atoms with Crippen LogP contribution in [0.1, 0.15) is 30.5 Å². The Morgan fingerprint density at radius 1 is 1.56 bits per heavy atom. The molecule has 3 N–H and O–H groups in total. The number of aliphatic hydroxyl groups is 1. The number of aryl methyl sites for hydroxylation is 2. The molecule has 0 aliphatic carbocycles. The monoisotopic (exact) mass is 225 g/mol. The van der Waals surface area contributed by atoms with Gasteiger partial charge in [-0.2, -0.15) is 5.10 Å². The average Bonchev–Trinajstić information content (AvgIpc) is 2.67. The van der Waals surface area contributed by atoms with Gasteiger partial charge >= 0.3 is 0 Å². The number of nitrogens with zero attached hydrogens (tertiary/aromatic N) is 1. The van der Waals surface area contributed by atoms with Gasteiger partial charge in [-0.1, -0.05) is 0 Å². The summed E-state index contributed by atoms with van der Waals surface area (Å²) in [6, 6.07) is 0. The fourth-order valence-electron chi connectivity index (χ4n) is 1.46. The van der Waals surface area contributed by atoms with Crippen molar-refractivity contribution in [1.82, 2.24) is 15.5 Å². The van der Waals surface area contributed by atoms with E-state index in [2.05, 4.69) is 15.5 Å². The van der Waals surface area contributed by atoms with Gasteiger partial charge in [-0.15, -0.1) is 0 Å². The summed E-state index contributed by atoms with van der Waals surface area (Å²) in [5.74, 6) is 0.0120. The standard InChI is InChI=1S/C11H19N3O2/c1-9-10(8-13-14-9)4-2-6-12-11(16)5-3-7-15/h8,15H,2-7H2,1H3,(H,12,16)(H,13,14). The van der Waals surface area contributed by atoms with E-state index >= 15 is 0 Å². The molecule has 0 fully saturated rings. The highest BCUT2D eigenvalue weighted by Crippen LogP contribution is 2.04. The van der Waals surface area contributed by atoms with Crippen LogP contribution in [0, 0.1) is 6.92 Å². The maximum absolute atomic E-state index is 11.2. The molecule has 1 aromatic rings. The number of carbonyl (C=O) groups excluding carboxylic acids is 1. The number of nitrogens with one attached hydrogen (secondary N) is 2. The predicted octanol–water partition coefficient (Wildman–Crippen LogP) is 0.539. The lowest BCUT2D eigenvalue weighted by Gasteiger charge is -2.04. The van der Waals surface area contributed by atoms with E-state index in [1.165, 1.54) is 5.56 Å². The molecule has 0 saturated heterocycles. The van der Waals surface area contributed by atoms with E-state index in [9.17, 15) is 4.79 Å². The molecule has 1 amide bonds. The molecule has 1 rings (SSSR count). The number of hydrogen-bond acceptors (Lipinski definition) is 3. The lowest BCUT2D eigenvalue weighted by Crippen LogP contribution is -2.24. The molecule has 0 saturated carbocycles. The normalized spacial score (nSPS) is 10.4. The van der Waals surface area contributed by atoms with Gasteiger partial charge in [0.2, 0.25) is 5.91 Å². The molecule has 90 valence electrons. The van der Waals surface area contributed by atoms with Crippen molar-refractivity contribution < 1.29 is 9.90 Å². The van der Waals surface area contributed by atoms with Crippen LogP contribution in [0.4, 0.5) is 0 Å². The topological polar surface area (TPSA) is 78.0 Å². The van der Waals surface area contributed by atoms with Crippen LogP contribution in [0.25, 0.3) is 0 Å². The number of H-pyrrole nitrogens is 1. The van der Waals surface area contributed by atoms with Gasteiger partial charge in [0, 0.05) is 25.3 Å². The Hall–Kier alpha value is -1.36. The summed E-state index contributed by atoms with van der Waals surface area (Å²) in [6.07, 6.45) is 4.59. The van der Waals surface area contributed by atoms with Crippen LogP contribution >= 0.6 is 0 Å². The van der Waals surface area contributed by atoms with Crippen molar-refractivity contribution in [2.24, 2.45) is 0 Å². The third-order valence-corrected chi connectivity index (χ3v) is 2.44. The summed E-state index contributed by atoms with van der Waals surface area (Å²) in [6.45, 7) is 2.73. The van der Waals surface area contributed by atoms with Crippen LogP contribution in [-0.4, -0.2) is 34.4 Å². The minimum Gasteiger partial charge on any atom is -0.396 e. The van der Waals surface area contributed by atoms with E-state index in [-0.39, 0.29) is 12.5 Å². The second-order valence-corrected chi connectivity index (χ2v) is 3.80. The molecule has 1 aromatic heterocycles. The van der Waals surface area contributed by atoms with Gasteiger partial charge in [0.15, 0.2) is 0 Å². The van der Waals surface area contributed by atoms with Crippen LogP contribution in [0.5, 0.6) is 0 Å². The number of aromatic nitrogens is 2. The molecule has 0 aromatic carbocycles. The summed E-state index contributed by atoms with van der Waals surface area (Å²) in [7, 11) is 0. The first-order chi connectivity index (χ1) is 7.74. The quantitative estimate of drug-likeness (QED) is 0.593. The van der Waals surface area contributed by atoms with Crippen molar-refractivity contribution >= 4 is 5.91 Å². The first-order valence-corrected chi connectivity index (χ1v) is 5.60. The van der Waals surface area contributed by atoms with Crippen LogP contribution in [0.15, 0.2) is 6.20 Å². The zero-order valence-corrected chi connectivity index (χ0v) is 9.62. The summed E-state index contributed by atoms with van der Waals surface area (Å²) in [5, 5.41) is 18.2. The number of aliphatic hydroxyl groups excluding tert-OH is 1. The molecule has 1 heterocycles. The Morgan fingerprint density at radius 3 is 3.00 bits per heavy atom. The zero-order chi connectivity index (χ0) is 11.8. The molecule has 0 radical (unpaired) electrons. The number of carbonyl (C=O) groups is 1. The highest BCUT2D eigenvalue weighted by atomic mass is 16.3. The van der Waals surface area contributed by atoms with Gasteiger partial charge in [0.05, 0.1) is 6.20 Å². The van der Waals surface area contributed by atoms with E-state index in [1.54, 1.807) is 0 Å². The molecule has 0 spiro atoms. The van der Waals surface area contributed by atoms with Crippen molar-refractivity contribution in [3.8, 4) is 0 Å². The highest BCUT2D eigenvalue weighted by Gasteiger charge is 2.02. The number of amides is 1. The molecule has 0 unspecified atom stereocenters. The van der Waals surface area contributed by atoms with Gasteiger partial charge in [-0.25, -0.2) is 0 Å². The first kappa shape index (κ1) is 12.7. The third kappa shape index (κ3) is 4.44. The molecule has 0 bridgehead atoms. The largest absolute Gasteiger partial charge is 0.396 e. The van der Waals surface area contributed by atoms with Crippen molar-refractivity contribution in [2.75, 3.05) is 13.2 Å². The molecule has 16 heavy (non-hydrogen) atoms. The Kier molecular flexibility index (Phi) is 5.56. The van der Waals surface area contributed by atoms with Crippen LogP contribution in [0.2, 0.25) is 0 Å². The van der Waals surface area contributed by atoms with Crippen LogP contribution < -0.4 is 5.32 Å². The van der Waals surface area contributed by atoms with E-state index < -0.39 is 0 Å². The zero-order valence-electron chi connectivity index (χ0n) is 9.62. The Balaban J connectivity index is 2.08. The molecule has 0 atom stereocenters. The third-order valence-electron chi connectivity index (χ3n) is 2.44. The SMILES string of the molecule is Cc1[nH]ncc1CCCNC(=O)CCCO. The minimum atomic E-state index is 0.0120. The van der Waals surface area contributed by atoms with Crippen LogP contribution in [0.3, 0.4) is 0 Å². The van der Waals surface area contributed by atoms with E-state index in [4.69, 9.17) is 5.11 Å². The van der Waals surface area contributed by atoms with Gasteiger partial charge in [-0.05, 0) is 31.7 Å². The van der Waals surface area contributed by atoms with Crippen LogP contribution in [-0.2, 0) is 11.2 Å². The summed E-state index contributed by atoms with van der Waals surface area (Å²) in [4.78, 5) is 11.2. The van der Waals surface area contributed by atoms with Crippen molar-refractivity contribution in [3.63, 3.8) is 0 Å². The number of aromatic amines is 1. The van der Waals surface area contributed by atoms with E-state index in [0.29, 0.717) is 19.4 Å². The van der Waals surface area contributed by atoms with Gasteiger partial charge < -0.3 is 10.4 Å². The van der Waals surface area contributed by atoms with E-state index in [0.717, 1.165) is 18.5 Å². The van der Waals surface area contributed by atoms with Crippen molar-refractivity contribution in [2.45, 2.75) is 32.6 Å². The molecular weight excluding hydrogens is 206 g/mol. The molecule has 0 aliphatic heterocycles. The molecule has 5 heteroatoms. The second kappa shape index (κ2) is 7.00. The minimum absolute atomic E-state index is 0.0120. The molecule has 0 aliphatic rings. The Labute approximate surface area is 95.3 Å². The van der Waals surface area contributed by atoms with Crippen molar-refractivity contribution in [1.29, 1.82) is 0 Å². The van der Waals surface area contributed by atoms with Gasteiger partial charge in [0.1, 0.15) is 0 Å². The lowest BCUT2D eigenvalue weighted by atomic mass is 10.1. The maximum atomic E-state index is 11.2. The molecular formula is C11H19N3O2. The fraction of sp³-hybridized carbons (Fsp3) is 0.636. The Bertz CT molecular complexity index is 323. The summed E-state index contributed by atoms with van der Waals surface area (Å²) < 4.78 is 0. The smallest absolute Gasteiger partial charge is 0.220 e. The average molecular weight is 225 g/mol. The van der Waals surface area contributed by atoms with E-state index in [1.807, 2.05) is 13.1 Å². The van der Waals surface area contributed by atoms with Crippen molar-refractivity contribution in [3.05, 3.63) is 17.5 Å².